The highest BCUT2D eigenvalue weighted by Crippen LogP contribution is 2.21. The van der Waals surface area contributed by atoms with Gasteiger partial charge in [0.2, 0.25) is 0 Å². The smallest absolute Gasteiger partial charge is 0.280 e. The minimum atomic E-state index is -0.150. The molecule has 7 heteroatoms. The molecule has 3 aromatic heterocycles. The predicted octanol–water partition coefficient (Wildman–Crippen LogP) is 2.98. The molecule has 0 saturated heterocycles. The fourth-order valence-electron chi connectivity index (χ4n) is 2.49. The fourth-order valence-corrected chi connectivity index (χ4v) is 3.37. The van der Waals surface area contributed by atoms with Gasteiger partial charge < -0.3 is 5.32 Å². The molecule has 3 heterocycles. The summed E-state index contributed by atoms with van der Waals surface area (Å²) in [6, 6.07) is 13.5. The van der Waals surface area contributed by atoms with Crippen LogP contribution in [0.15, 0.2) is 61.1 Å². The molecule has 0 aliphatic carbocycles. The molecule has 1 N–H and O–H groups in total. The molecular weight excluding hydrogens is 334 g/mol. The molecule has 0 spiro atoms. The molecule has 0 aliphatic rings. The van der Waals surface area contributed by atoms with Gasteiger partial charge in [0.15, 0.2) is 5.01 Å². The van der Waals surface area contributed by atoms with E-state index < -0.39 is 0 Å². The molecule has 124 valence electrons. The van der Waals surface area contributed by atoms with Crippen LogP contribution in [0, 0.1) is 0 Å². The van der Waals surface area contributed by atoms with E-state index in [9.17, 15) is 4.79 Å². The van der Waals surface area contributed by atoms with Crippen molar-refractivity contribution in [2.75, 3.05) is 6.54 Å². The van der Waals surface area contributed by atoms with Gasteiger partial charge >= 0.3 is 0 Å². The Morgan fingerprint density at radius 2 is 1.96 bits per heavy atom. The van der Waals surface area contributed by atoms with E-state index in [4.69, 9.17) is 0 Å². The molecule has 1 amide bonds. The summed E-state index contributed by atoms with van der Waals surface area (Å²) in [5.41, 5.74) is 2.76. The van der Waals surface area contributed by atoms with Crippen molar-refractivity contribution in [3.05, 3.63) is 66.1 Å². The Labute approximate surface area is 148 Å². The van der Waals surface area contributed by atoms with Crippen LogP contribution in [0.4, 0.5) is 0 Å². The van der Waals surface area contributed by atoms with E-state index >= 15 is 0 Å². The number of aromatic nitrogens is 4. The minimum Gasteiger partial charge on any atom is -0.348 e. The molecule has 0 atom stereocenters. The van der Waals surface area contributed by atoms with Crippen LogP contribution >= 0.6 is 11.3 Å². The molecule has 6 nitrogen and oxygen atoms in total. The topological polar surface area (TPSA) is 72.7 Å². The normalized spacial score (nSPS) is 10.9. The summed E-state index contributed by atoms with van der Waals surface area (Å²) in [5, 5.41) is 7.89. The van der Waals surface area contributed by atoms with Crippen LogP contribution in [0.25, 0.3) is 21.5 Å². The molecular formula is C18H15N5OS. The quantitative estimate of drug-likeness (QED) is 0.601. The van der Waals surface area contributed by atoms with Gasteiger partial charge in [0.05, 0.1) is 22.5 Å². The largest absolute Gasteiger partial charge is 0.348 e. The summed E-state index contributed by atoms with van der Waals surface area (Å²) in [6.45, 7) is 1.09. The number of pyridine rings is 1. The molecule has 1 aromatic carbocycles. The Kier molecular flexibility index (Phi) is 4.22. The standard InChI is InChI=1S/C18H15N5OS/c24-17(18-21-15-3-1-2-4-16(15)25-18)20-10-12-23-11-7-14(22-23)13-5-8-19-9-6-13/h1-9,11H,10,12H2,(H,20,24). The predicted molar refractivity (Wildman–Crippen MR) is 97.4 cm³/mol. The van der Waals surface area contributed by atoms with Crippen molar-refractivity contribution in [1.82, 2.24) is 25.1 Å². The molecule has 4 rings (SSSR count). The highest BCUT2D eigenvalue weighted by molar-refractivity contribution is 7.20. The second kappa shape index (κ2) is 6.82. The molecule has 0 saturated carbocycles. The Hall–Kier alpha value is -3.06. The number of carbonyl (C=O) groups is 1. The SMILES string of the molecule is O=C(NCCn1ccc(-c2ccncc2)n1)c1nc2ccccc2s1. The molecule has 0 aliphatic heterocycles. The van der Waals surface area contributed by atoms with E-state index in [1.165, 1.54) is 11.3 Å². The molecule has 0 fully saturated rings. The number of fused-ring (bicyclic) bond motifs is 1. The lowest BCUT2D eigenvalue weighted by atomic mass is 10.2. The zero-order valence-corrected chi connectivity index (χ0v) is 14.1. The van der Waals surface area contributed by atoms with E-state index in [0.717, 1.165) is 21.5 Å². The third-order valence-corrected chi connectivity index (χ3v) is 4.77. The van der Waals surface area contributed by atoms with Crippen molar-refractivity contribution in [3.8, 4) is 11.3 Å². The van der Waals surface area contributed by atoms with Crippen LogP contribution < -0.4 is 5.32 Å². The number of hydrogen-bond donors (Lipinski definition) is 1. The first kappa shape index (κ1) is 15.5. The van der Waals surface area contributed by atoms with Crippen LogP contribution in [0.1, 0.15) is 9.80 Å². The molecule has 25 heavy (non-hydrogen) atoms. The van der Waals surface area contributed by atoms with Gasteiger partial charge in [-0.25, -0.2) is 4.98 Å². The number of benzene rings is 1. The van der Waals surface area contributed by atoms with Crippen molar-refractivity contribution >= 4 is 27.5 Å². The number of nitrogens with zero attached hydrogens (tertiary/aromatic N) is 4. The fraction of sp³-hybridized carbons (Fsp3) is 0.111. The van der Waals surface area contributed by atoms with Gasteiger partial charge in [0.25, 0.3) is 5.91 Å². The van der Waals surface area contributed by atoms with Crippen molar-refractivity contribution in [2.24, 2.45) is 0 Å². The summed E-state index contributed by atoms with van der Waals surface area (Å²) in [5.74, 6) is -0.150. The second-order valence-corrected chi connectivity index (χ2v) is 6.47. The Morgan fingerprint density at radius 3 is 2.80 bits per heavy atom. The van der Waals surface area contributed by atoms with Crippen LogP contribution in [-0.2, 0) is 6.54 Å². The highest BCUT2D eigenvalue weighted by Gasteiger charge is 2.11. The number of rotatable bonds is 5. The minimum absolute atomic E-state index is 0.150. The zero-order chi connectivity index (χ0) is 17.1. The lowest BCUT2D eigenvalue weighted by Gasteiger charge is -2.03. The maximum Gasteiger partial charge on any atom is 0.280 e. The Morgan fingerprint density at radius 1 is 1.12 bits per heavy atom. The number of thiazole rings is 1. The first-order valence-corrected chi connectivity index (χ1v) is 8.69. The van der Waals surface area contributed by atoms with Crippen molar-refractivity contribution in [2.45, 2.75) is 6.54 Å². The summed E-state index contributed by atoms with van der Waals surface area (Å²) in [6.07, 6.45) is 5.39. The van der Waals surface area contributed by atoms with E-state index in [1.807, 2.05) is 53.3 Å². The average Bonchev–Trinajstić information content (AvgIpc) is 3.29. The van der Waals surface area contributed by atoms with Crippen LogP contribution in [0.5, 0.6) is 0 Å². The highest BCUT2D eigenvalue weighted by atomic mass is 32.1. The first-order chi connectivity index (χ1) is 12.3. The van der Waals surface area contributed by atoms with Gasteiger partial charge in [-0.3, -0.25) is 14.5 Å². The van der Waals surface area contributed by atoms with E-state index in [1.54, 1.807) is 12.4 Å². The summed E-state index contributed by atoms with van der Waals surface area (Å²) >= 11 is 1.40. The van der Waals surface area contributed by atoms with Crippen LogP contribution in [0.3, 0.4) is 0 Å². The lowest BCUT2D eigenvalue weighted by Crippen LogP contribution is -2.27. The van der Waals surface area contributed by atoms with Crippen molar-refractivity contribution < 1.29 is 4.79 Å². The maximum absolute atomic E-state index is 12.2. The first-order valence-electron chi connectivity index (χ1n) is 7.87. The van der Waals surface area contributed by atoms with Crippen LogP contribution in [-0.4, -0.2) is 32.2 Å². The number of nitrogens with one attached hydrogen (secondary N) is 1. The molecule has 0 radical (unpaired) electrons. The summed E-state index contributed by atoms with van der Waals surface area (Å²) in [4.78, 5) is 20.6. The number of para-hydroxylation sites is 1. The van der Waals surface area contributed by atoms with Gasteiger partial charge in [-0.2, -0.15) is 5.10 Å². The number of hydrogen-bond acceptors (Lipinski definition) is 5. The maximum atomic E-state index is 12.2. The lowest BCUT2D eigenvalue weighted by molar-refractivity contribution is 0.0952. The number of carbonyl (C=O) groups excluding carboxylic acids is 1. The summed E-state index contributed by atoms with van der Waals surface area (Å²) < 4.78 is 2.83. The van der Waals surface area contributed by atoms with E-state index in [-0.39, 0.29) is 5.91 Å². The van der Waals surface area contributed by atoms with E-state index in [2.05, 4.69) is 20.4 Å². The third kappa shape index (κ3) is 3.41. The Balaban J connectivity index is 1.36. The zero-order valence-electron chi connectivity index (χ0n) is 13.3. The molecule has 4 aromatic rings. The van der Waals surface area contributed by atoms with Crippen molar-refractivity contribution in [3.63, 3.8) is 0 Å². The van der Waals surface area contributed by atoms with Gasteiger partial charge in [0.1, 0.15) is 0 Å². The Bertz CT molecular complexity index is 975. The van der Waals surface area contributed by atoms with Gasteiger partial charge in [-0.15, -0.1) is 11.3 Å². The van der Waals surface area contributed by atoms with Crippen LogP contribution in [0.2, 0.25) is 0 Å². The average molecular weight is 349 g/mol. The molecule has 0 unspecified atom stereocenters. The van der Waals surface area contributed by atoms with Gasteiger partial charge in [0, 0.05) is 30.7 Å². The number of amides is 1. The van der Waals surface area contributed by atoms with E-state index in [0.29, 0.717) is 18.1 Å². The third-order valence-electron chi connectivity index (χ3n) is 3.73. The van der Waals surface area contributed by atoms with Crippen molar-refractivity contribution in [1.29, 1.82) is 0 Å². The second-order valence-electron chi connectivity index (χ2n) is 5.44. The molecule has 0 bridgehead atoms. The van der Waals surface area contributed by atoms with Gasteiger partial charge in [-0.1, -0.05) is 12.1 Å². The summed E-state index contributed by atoms with van der Waals surface area (Å²) in [7, 11) is 0. The van der Waals surface area contributed by atoms with Gasteiger partial charge in [-0.05, 0) is 30.3 Å². The monoisotopic (exact) mass is 349 g/mol.